The lowest BCUT2D eigenvalue weighted by atomic mass is 10.0. The second-order valence-corrected chi connectivity index (χ2v) is 4.30. The number of benzene rings is 1. The lowest BCUT2D eigenvalue weighted by Gasteiger charge is -2.11. The van der Waals surface area contributed by atoms with Crippen molar-refractivity contribution >= 4 is 17.4 Å². The van der Waals surface area contributed by atoms with Crippen LogP contribution >= 0.6 is 11.6 Å². The molecule has 1 aromatic heterocycles. The molecular weight excluding hydrogens is 236 g/mol. The fraction of sp³-hybridized carbons (Fsp3) is 0.154. The molecule has 3 nitrogen and oxygen atoms in total. The van der Waals surface area contributed by atoms with Gasteiger partial charge in [-0.1, -0.05) is 23.7 Å². The van der Waals surface area contributed by atoms with Crippen molar-refractivity contribution < 1.29 is 5.11 Å². The molecule has 0 amide bonds. The molecule has 2 rings (SSSR count). The number of aliphatic hydroxyl groups excluding tert-OH is 1. The summed E-state index contributed by atoms with van der Waals surface area (Å²) < 4.78 is 0. The van der Waals surface area contributed by atoms with E-state index < -0.39 is 6.10 Å². The Morgan fingerprint density at radius 2 is 1.94 bits per heavy atom. The van der Waals surface area contributed by atoms with Crippen LogP contribution in [0.15, 0.2) is 42.6 Å². The molecule has 1 atom stereocenters. The molecule has 0 fully saturated rings. The highest BCUT2D eigenvalue weighted by molar-refractivity contribution is 6.30. The summed E-state index contributed by atoms with van der Waals surface area (Å²) >= 11 is 5.79. The highest BCUT2D eigenvalue weighted by atomic mass is 35.5. The van der Waals surface area contributed by atoms with Gasteiger partial charge in [0.05, 0.1) is 6.10 Å². The van der Waals surface area contributed by atoms with Gasteiger partial charge < -0.3 is 10.8 Å². The predicted molar refractivity (Wildman–Crippen MR) is 68.8 cm³/mol. The van der Waals surface area contributed by atoms with Crippen LogP contribution in [0, 0.1) is 0 Å². The normalized spacial score (nSPS) is 12.4. The number of hydrogen-bond donors (Lipinski definition) is 2. The second-order valence-electron chi connectivity index (χ2n) is 3.86. The van der Waals surface area contributed by atoms with E-state index in [1.54, 1.807) is 24.4 Å². The Labute approximate surface area is 105 Å². The summed E-state index contributed by atoms with van der Waals surface area (Å²) in [4.78, 5) is 3.91. The quantitative estimate of drug-likeness (QED) is 0.878. The van der Waals surface area contributed by atoms with E-state index >= 15 is 0 Å². The highest BCUT2D eigenvalue weighted by Gasteiger charge is 2.08. The van der Waals surface area contributed by atoms with Gasteiger partial charge in [-0.25, -0.2) is 4.98 Å². The van der Waals surface area contributed by atoms with Gasteiger partial charge in [-0.2, -0.15) is 0 Å². The van der Waals surface area contributed by atoms with Crippen molar-refractivity contribution in [1.82, 2.24) is 4.98 Å². The van der Waals surface area contributed by atoms with Crippen molar-refractivity contribution in [3.63, 3.8) is 0 Å². The fourth-order valence-corrected chi connectivity index (χ4v) is 1.77. The molecule has 0 spiro atoms. The average Bonchev–Trinajstić information content (AvgIpc) is 2.29. The van der Waals surface area contributed by atoms with Crippen LogP contribution < -0.4 is 5.73 Å². The number of hydrogen-bond acceptors (Lipinski definition) is 3. The summed E-state index contributed by atoms with van der Waals surface area (Å²) in [5.41, 5.74) is 7.38. The minimum absolute atomic E-state index is 0.464. The molecule has 4 heteroatoms. The maximum absolute atomic E-state index is 10.1. The Bertz CT molecular complexity index is 499. The van der Waals surface area contributed by atoms with Crippen LogP contribution in [0.25, 0.3) is 0 Å². The van der Waals surface area contributed by atoms with Gasteiger partial charge in [-0.3, -0.25) is 0 Å². The fourth-order valence-electron chi connectivity index (χ4n) is 1.65. The zero-order valence-corrected chi connectivity index (χ0v) is 9.93. The first-order chi connectivity index (χ1) is 8.15. The number of rotatable bonds is 3. The monoisotopic (exact) mass is 248 g/mol. The van der Waals surface area contributed by atoms with E-state index in [1.807, 2.05) is 18.2 Å². The standard InChI is InChI=1S/C13H13ClN2O/c14-11-3-1-10(2-4-11)12(17)7-9-5-6-16-13(15)8-9/h1-6,8,12,17H,7H2,(H2,15,16). The maximum atomic E-state index is 10.1. The molecule has 88 valence electrons. The van der Waals surface area contributed by atoms with Gasteiger partial charge in [0.1, 0.15) is 5.82 Å². The Balaban J connectivity index is 2.11. The maximum Gasteiger partial charge on any atom is 0.123 e. The molecule has 1 aromatic carbocycles. The number of nitrogens with two attached hydrogens (primary N) is 1. The van der Waals surface area contributed by atoms with Crippen LogP contribution in [0.1, 0.15) is 17.2 Å². The molecule has 1 heterocycles. The average molecular weight is 249 g/mol. The summed E-state index contributed by atoms with van der Waals surface area (Å²) in [5.74, 6) is 0.464. The van der Waals surface area contributed by atoms with E-state index in [2.05, 4.69) is 4.98 Å². The zero-order chi connectivity index (χ0) is 12.3. The van der Waals surface area contributed by atoms with Gasteiger partial charge in [0.25, 0.3) is 0 Å². The van der Waals surface area contributed by atoms with E-state index in [1.165, 1.54) is 0 Å². The topological polar surface area (TPSA) is 59.1 Å². The van der Waals surface area contributed by atoms with Crippen molar-refractivity contribution in [3.8, 4) is 0 Å². The number of aliphatic hydroxyl groups is 1. The van der Waals surface area contributed by atoms with E-state index in [0.717, 1.165) is 11.1 Å². The second kappa shape index (κ2) is 5.17. The molecule has 0 aliphatic rings. The summed E-state index contributed by atoms with van der Waals surface area (Å²) in [5, 5.41) is 10.7. The summed E-state index contributed by atoms with van der Waals surface area (Å²) in [6.07, 6.45) is 1.59. The van der Waals surface area contributed by atoms with Crippen LogP contribution in [0.4, 0.5) is 5.82 Å². The van der Waals surface area contributed by atoms with Gasteiger partial charge in [0, 0.05) is 17.6 Å². The van der Waals surface area contributed by atoms with Crippen LogP contribution in [0.5, 0.6) is 0 Å². The molecule has 2 aromatic rings. The van der Waals surface area contributed by atoms with Crippen molar-refractivity contribution in [2.24, 2.45) is 0 Å². The first-order valence-corrected chi connectivity index (χ1v) is 5.67. The molecular formula is C13H13ClN2O. The highest BCUT2D eigenvalue weighted by Crippen LogP contribution is 2.20. The Hall–Kier alpha value is -1.58. The minimum Gasteiger partial charge on any atom is -0.388 e. The SMILES string of the molecule is Nc1cc(CC(O)c2ccc(Cl)cc2)ccn1. The number of nitrogen functional groups attached to an aromatic ring is 1. The molecule has 0 aliphatic heterocycles. The van der Waals surface area contributed by atoms with Gasteiger partial charge in [0.2, 0.25) is 0 Å². The minimum atomic E-state index is -0.561. The molecule has 0 bridgehead atoms. The Kier molecular flexibility index (Phi) is 3.61. The van der Waals surface area contributed by atoms with Crippen LogP contribution in [0.2, 0.25) is 5.02 Å². The van der Waals surface area contributed by atoms with E-state index in [9.17, 15) is 5.11 Å². The van der Waals surface area contributed by atoms with Crippen molar-refractivity contribution in [1.29, 1.82) is 0 Å². The smallest absolute Gasteiger partial charge is 0.123 e. The number of halogens is 1. The lowest BCUT2D eigenvalue weighted by Crippen LogP contribution is -2.02. The van der Waals surface area contributed by atoms with Crippen molar-refractivity contribution in [3.05, 3.63) is 58.7 Å². The van der Waals surface area contributed by atoms with Gasteiger partial charge in [0.15, 0.2) is 0 Å². The first kappa shape index (κ1) is 11.9. The van der Waals surface area contributed by atoms with Crippen LogP contribution in [-0.4, -0.2) is 10.1 Å². The van der Waals surface area contributed by atoms with Gasteiger partial charge in [-0.05, 0) is 35.4 Å². The third-order valence-corrected chi connectivity index (χ3v) is 2.78. The summed E-state index contributed by atoms with van der Waals surface area (Å²) in [6.45, 7) is 0. The Morgan fingerprint density at radius 1 is 1.24 bits per heavy atom. The van der Waals surface area contributed by atoms with Gasteiger partial charge in [-0.15, -0.1) is 0 Å². The Morgan fingerprint density at radius 3 is 2.59 bits per heavy atom. The third kappa shape index (κ3) is 3.19. The lowest BCUT2D eigenvalue weighted by molar-refractivity contribution is 0.178. The van der Waals surface area contributed by atoms with E-state index in [4.69, 9.17) is 17.3 Å². The summed E-state index contributed by atoms with van der Waals surface area (Å²) in [6, 6.07) is 10.8. The van der Waals surface area contributed by atoms with Crippen LogP contribution in [0.3, 0.4) is 0 Å². The zero-order valence-electron chi connectivity index (χ0n) is 9.18. The number of pyridine rings is 1. The number of aromatic nitrogens is 1. The summed E-state index contributed by atoms with van der Waals surface area (Å²) in [7, 11) is 0. The molecule has 0 saturated carbocycles. The van der Waals surface area contributed by atoms with E-state index in [-0.39, 0.29) is 0 Å². The number of nitrogens with zero attached hydrogens (tertiary/aromatic N) is 1. The predicted octanol–water partition coefficient (Wildman–Crippen LogP) is 2.59. The molecule has 3 N–H and O–H groups in total. The first-order valence-electron chi connectivity index (χ1n) is 5.29. The largest absolute Gasteiger partial charge is 0.388 e. The van der Waals surface area contributed by atoms with E-state index in [0.29, 0.717) is 17.3 Å². The third-order valence-electron chi connectivity index (χ3n) is 2.53. The van der Waals surface area contributed by atoms with Gasteiger partial charge >= 0.3 is 0 Å². The molecule has 17 heavy (non-hydrogen) atoms. The molecule has 0 radical (unpaired) electrons. The van der Waals surface area contributed by atoms with Crippen molar-refractivity contribution in [2.75, 3.05) is 5.73 Å². The van der Waals surface area contributed by atoms with Crippen molar-refractivity contribution in [2.45, 2.75) is 12.5 Å². The number of anilines is 1. The molecule has 0 aliphatic carbocycles. The molecule has 1 unspecified atom stereocenters. The van der Waals surface area contributed by atoms with Crippen LogP contribution in [-0.2, 0) is 6.42 Å². The molecule has 0 saturated heterocycles.